The second kappa shape index (κ2) is 7.46. The highest BCUT2D eigenvalue weighted by Gasteiger charge is 2.30. The Kier molecular flexibility index (Phi) is 5.62. The van der Waals surface area contributed by atoms with Crippen molar-refractivity contribution in [2.75, 3.05) is 25.0 Å². The number of aryl methyl sites for hydroxylation is 1. The van der Waals surface area contributed by atoms with Crippen LogP contribution in [0.15, 0.2) is 18.2 Å². The Balaban J connectivity index is 2.24. The zero-order chi connectivity index (χ0) is 15.2. The highest BCUT2D eigenvalue weighted by Crippen LogP contribution is 2.28. The Morgan fingerprint density at radius 2 is 2.19 bits per heavy atom. The smallest absolute Gasteiger partial charge is 0.256 e. The van der Waals surface area contributed by atoms with Gasteiger partial charge < -0.3 is 15.3 Å². The van der Waals surface area contributed by atoms with Gasteiger partial charge in [-0.15, -0.1) is 0 Å². The van der Waals surface area contributed by atoms with Gasteiger partial charge in [0.25, 0.3) is 5.91 Å². The van der Waals surface area contributed by atoms with Crippen LogP contribution in [0.5, 0.6) is 0 Å². The molecule has 1 aliphatic rings. The lowest BCUT2D eigenvalue weighted by Gasteiger charge is -2.37. The third-order valence-corrected chi connectivity index (χ3v) is 4.09. The molecule has 2 N–H and O–H groups in total. The van der Waals surface area contributed by atoms with E-state index in [0.717, 1.165) is 42.6 Å². The van der Waals surface area contributed by atoms with Crippen molar-refractivity contribution in [3.63, 3.8) is 0 Å². The van der Waals surface area contributed by atoms with E-state index in [0.29, 0.717) is 12.6 Å². The van der Waals surface area contributed by atoms with Gasteiger partial charge in [-0.3, -0.25) is 4.79 Å². The quantitative estimate of drug-likeness (QED) is 0.812. The Hall–Kier alpha value is -1.55. The monoisotopic (exact) mass is 290 g/mol. The number of nitrogens with one attached hydrogen (secondary N) is 1. The highest BCUT2D eigenvalue weighted by molar-refractivity contribution is 6.00. The van der Waals surface area contributed by atoms with Gasteiger partial charge in [0.15, 0.2) is 0 Å². The summed E-state index contributed by atoms with van der Waals surface area (Å²) in [5.41, 5.74) is 2.71. The molecule has 1 fully saturated rings. The number of nitrogens with zero attached hydrogens (tertiary/aromatic N) is 1. The van der Waals surface area contributed by atoms with E-state index in [1.165, 1.54) is 6.42 Å². The molecule has 1 aromatic carbocycles. The van der Waals surface area contributed by atoms with E-state index in [1.54, 1.807) is 0 Å². The molecule has 0 unspecified atom stereocenters. The fourth-order valence-electron chi connectivity index (χ4n) is 2.66. The lowest BCUT2D eigenvalue weighted by Crippen LogP contribution is -2.45. The van der Waals surface area contributed by atoms with E-state index >= 15 is 0 Å². The van der Waals surface area contributed by atoms with Gasteiger partial charge in [-0.05, 0) is 44.7 Å². The maximum Gasteiger partial charge on any atom is 0.256 e. The Labute approximate surface area is 127 Å². The van der Waals surface area contributed by atoms with Crippen molar-refractivity contribution in [3.8, 4) is 0 Å². The average molecular weight is 290 g/mol. The van der Waals surface area contributed by atoms with Crippen LogP contribution in [-0.4, -0.2) is 41.7 Å². The molecule has 116 valence electrons. The minimum Gasteiger partial charge on any atom is -0.395 e. The zero-order valence-corrected chi connectivity index (χ0v) is 13.1. The molecule has 0 saturated heterocycles. The summed E-state index contributed by atoms with van der Waals surface area (Å²) in [5, 5.41) is 12.6. The first kappa shape index (κ1) is 15.8. The molecule has 0 aliphatic heterocycles. The first-order chi connectivity index (χ1) is 10.2. The van der Waals surface area contributed by atoms with Crippen molar-refractivity contribution in [2.45, 2.75) is 45.6 Å². The summed E-state index contributed by atoms with van der Waals surface area (Å²) in [7, 11) is 0. The Bertz CT molecular complexity index is 484. The van der Waals surface area contributed by atoms with Crippen LogP contribution in [0.2, 0.25) is 0 Å². The second-order valence-electron chi connectivity index (χ2n) is 5.78. The number of rotatable bonds is 7. The number of carbonyl (C=O) groups excluding carboxylic acids is 1. The summed E-state index contributed by atoms with van der Waals surface area (Å²) < 4.78 is 0. The van der Waals surface area contributed by atoms with Crippen molar-refractivity contribution >= 4 is 11.6 Å². The van der Waals surface area contributed by atoms with Gasteiger partial charge in [-0.1, -0.05) is 18.6 Å². The third kappa shape index (κ3) is 3.76. The number of anilines is 1. The fraction of sp³-hybridized carbons (Fsp3) is 0.588. The molecule has 1 aromatic rings. The van der Waals surface area contributed by atoms with E-state index in [-0.39, 0.29) is 12.5 Å². The molecule has 0 spiro atoms. The number of hydrogen-bond donors (Lipinski definition) is 2. The summed E-state index contributed by atoms with van der Waals surface area (Å²) >= 11 is 0. The van der Waals surface area contributed by atoms with Gasteiger partial charge in [-0.25, -0.2) is 0 Å². The molecule has 0 aromatic heterocycles. The largest absolute Gasteiger partial charge is 0.395 e. The normalized spacial score (nSPS) is 14.6. The lowest BCUT2D eigenvalue weighted by atomic mass is 9.90. The summed E-state index contributed by atoms with van der Waals surface area (Å²) in [6.07, 6.45) is 4.30. The first-order valence-corrected chi connectivity index (χ1v) is 7.93. The molecule has 0 heterocycles. The van der Waals surface area contributed by atoms with Gasteiger partial charge >= 0.3 is 0 Å². The van der Waals surface area contributed by atoms with E-state index in [9.17, 15) is 9.90 Å². The molecule has 0 radical (unpaired) electrons. The molecule has 4 heteroatoms. The second-order valence-corrected chi connectivity index (χ2v) is 5.78. The van der Waals surface area contributed by atoms with Crippen LogP contribution < -0.4 is 5.32 Å². The molecule has 1 aliphatic carbocycles. The topological polar surface area (TPSA) is 52.6 Å². The third-order valence-electron chi connectivity index (χ3n) is 4.09. The molecule has 1 amide bonds. The molecule has 1 saturated carbocycles. The highest BCUT2D eigenvalue weighted by atomic mass is 16.3. The summed E-state index contributed by atoms with van der Waals surface area (Å²) in [4.78, 5) is 14.7. The number of amides is 1. The van der Waals surface area contributed by atoms with E-state index in [1.807, 2.05) is 30.0 Å². The SMILES string of the molecule is CCCNc1ccc(C)cc1C(=O)N(CCO)C1CCC1. The standard InChI is InChI=1S/C17H26N2O2/c1-3-9-18-16-8-7-13(2)12-15(16)17(21)19(10-11-20)14-5-4-6-14/h7-8,12,14,18,20H,3-6,9-11H2,1-2H3. The van der Waals surface area contributed by atoms with Crippen molar-refractivity contribution in [2.24, 2.45) is 0 Å². The number of aliphatic hydroxyl groups excluding tert-OH is 1. The van der Waals surface area contributed by atoms with Crippen LogP contribution >= 0.6 is 0 Å². The zero-order valence-electron chi connectivity index (χ0n) is 13.1. The average Bonchev–Trinajstić information content (AvgIpc) is 2.43. The van der Waals surface area contributed by atoms with Gasteiger partial charge in [-0.2, -0.15) is 0 Å². The summed E-state index contributed by atoms with van der Waals surface area (Å²) in [6.45, 7) is 5.40. The summed E-state index contributed by atoms with van der Waals surface area (Å²) in [5.74, 6) is 0.0380. The van der Waals surface area contributed by atoms with Crippen LogP contribution in [0.3, 0.4) is 0 Å². The van der Waals surface area contributed by atoms with Crippen LogP contribution in [0.4, 0.5) is 5.69 Å². The van der Waals surface area contributed by atoms with Crippen LogP contribution in [0.25, 0.3) is 0 Å². The van der Waals surface area contributed by atoms with Crippen molar-refractivity contribution in [1.82, 2.24) is 4.90 Å². The van der Waals surface area contributed by atoms with E-state index in [4.69, 9.17) is 0 Å². The maximum atomic E-state index is 12.9. The Morgan fingerprint density at radius 1 is 1.43 bits per heavy atom. The number of carbonyl (C=O) groups is 1. The fourth-order valence-corrected chi connectivity index (χ4v) is 2.66. The Morgan fingerprint density at radius 3 is 2.76 bits per heavy atom. The molecular formula is C17H26N2O2. The number of hydrogen-bond acceptors (Lipinski definition) is 3. The van der Waals surface area contributed by atoms with Crippen LogP contribution in [0.1, 0.15) is 48.5 Å². The molecule has 0 bridgehead atoms. The first-order valence-electron chi connectivity index (χ1n) is 7.93. The van der Waals surface area contributed by atoms with Crippen LogP contribution in [-0.2, 0) is 0 Å². The minimum atomic E-state index is 0.0196. The van der Waals surface area contributed by atoms with Gasteiger partial charge in [0.1, 0.15) is 0 Å². The van der Waals surface area contributed by atoms with Crippen molar-refractivity contribution in [3.05, 3.63) is 29.3 Å². The van der Waals surface area contributed by atoms with Crippen LogP contribution in [0, 0.1) is 6.92 Å². The molecule has 21 heavy (non-hydrogen) atoms. The van der Waals surface area contributed by atoms with E-state index in [2.05, 4.69) is 12.2 Å². The molecule has 2 rings (SSSR count). The maximum absolute atomic E-state index is 12.9. The van der Waals surface area contributed by atoms with Crippen molar-refractivity contribution in [1.29, 1.82) is 0 Å². The molecular weight excluding hydrogens is 264 g/mol. The predicted molar refractivity (Wildman–Crippen MR) is 85.7 cm³/mol. The van der Waals surface area contributed by atoms with Crippen molar-refractivity contribution < 1.29 is 9.90 Å². The van der Waals surface area contributed by atoms with E-state index < -0.39 is 0 Å². The lowest BCUT2D eigenvalue weighted by molar-refractivity contribution is 0.0526. The summed E-state index contributed by atoms with van der Waals surface area (Å²) in [6, 6.07) is 6.25. The minimum absolute atomic E-state index is 0.0196. The number of benzene rings is 1. The van der Waals surface area contributed by atoms with Gasteiger partial charge in [0.2, 0.25) is 0 Å². The number of aliphatic hydroxyl groups is 1. The van der Waals surface area contributed by atoms with Gasteiger partial charge in [0, 0.05) is 24.8 Å². The molecule has 4 nitrogen and oxygen atoms in total. The molecule has 0 atom stereocenters. The van der Waals surface area contributed by atoms with Gasteiger partial charge in [0.05, 0.1) is 12.2 Å². The predicted octanol–water partition coefficient (Wildman–Crippen LogP) is 2.80.